The molecule has 0 unspecified atom stereocenters. The van der Waals surface area contributed by atoms with Gasteiger partial charge in [0, 0.05) is 37.7 Å². The van der Waals surface area contributed by atoms with Crippen molar-refractivity contribution in [2.24, 2.45) is 0 Å². The summed E-state index contributed by atoms with van der Waals surface area (Å²) >= 11 is 11.1. The Morgan fingerprint density at radius 1 is 1.23 bits per heavy atom. The molecule has 1 fully saturated rings. The summed E-state index contributed by atoms with van der Waals surface area (Å²) in [6.45, 7) is 4.97. The Kier molecular flexibility index (Phi) is 6.02. The Hall–Kier alpha value is -0.890. The third-order valence-electron chi connectivity index (χ3n) is 3.50. The fraction of sp³-hybridized carbons (Fsp3) is 0.500. The second-order valence-corrected chi connectivity index (χ2v) is 7.84. The van der Waals surface area contributed by atoms with Gasteiger partial charge in [-0.15, -0.1) is 0 Å². The van der Waals surface area contributed by atoms with Crippen LogP contribution in [-0.4, -0.2) is 55.5 Å². The van der Waals surface area contributed by atoms with E-state index in [9.17, 15) is 8.42 Å². The predicted octanol–water partition coefficient (Wildman–Crippen LogP) is 1.93. The summed E-state index contributed by atoms with van der Waals surface area (Å²) in [6, 6.07) is 6.26. The van der Waals surface area contributed by atoms with E-state index in [0.717, 1.165) is 13.0 Å². The molecule has 0 saturated carbocycles. The van der Waals surface area contributed by atoms with Crippen molar-refractivity contribution in [1.82, 2.24) is 14.5 Å². The van der Waals surface area contributed by atoms with Gasteiger partial charge in [0.05, 0.1) is 4.90 Å². The van der Waals surface area contributed by atoms with Gasteiger partial charge in [0.15, 0.2) is 5.11 Å². The lowest BCUT2D eigenvalue weighted by Crippen LogP contribution is -2.53. The Morgan fingerprint density at radius 2 is 1.82 bits per heavy atom. The predicted molar refractivity (Wildman–Crippen MR) is 92.7 cm³/mol. The maximum Gasteiger partial charge on any atom is 0.243 e. The molecular weight excluding hydrogens is 342 g/mol. The van der Waals surface area contributed by atoms with Crippen molar-refractivity contribution in [3.63, 3.8) is 0 Å². The summed E-state index contributed by atoms with van der Waals surface area (Å²) < 4.78 is 26.6. The smallest absolute Gasteiger partial charge is 0.243 e. The van der Waals surface area contributed by atoms with Crippen LogP contribution in [-0.2, 0) is 10.0 Å². The number of hydrogen-bond donors (Lipinski definition) is 1. The standard InChI is InChI=1S/C14H20ClN3O2S2/c1-2-7-16-14(21)17-8-10-18(11-9-17)22(19,20)13-5-3-12(15)4-6-13/h3-6H,2,7-11H2,1H3,(H,16,21). The lowest BCUT2D eigenvalue weighted by atomic mass is 10.4. The number of hydrogen-bond acceptors (Lipinski definition) is 3. The van der Waals surface area contributed by atoms with Crippen LogP contribution >= 0.6 is 23.8 Å². The molecule has 0 bridgehead atoms. The van der Waals surface area contributed by atoms with E-state index in [0.29, 0.717) is 36.3 Å². The number of nitrogens with one attached hydrogen (secondary N) is 1. The van der Waals surface area contributed by atoms with E-state index in [4.69, 9.17) is 23.8 Å². The number of halogens is 1. The SMILES string of the molecule is CCCNC(=S)N1CCN(S(=O)(=O)c2ccc(Cl)cc2)CC1. The monoisotopic (exact) mass is 361 g/mol. The van der Waals surface area contributed by atoms with Gasteiger partial charge in [-0.2, -0.15) is 4.31 Å². The molecule has 0 aliphatic carbocycles. The summed E-state index contributed by atoms with van der Waals surface area (Å²) in [5, 5.41) is 4.39. The first-order valence-electron chi connectivity index (χ1n) is 7.23. The molecule has 1 aromatic rings. The van der Waals surface area contributed by atoms with E-state index in [1.807, 2.05) is 4.90 Å². The van der Waals surface area contributed by atoms with Crippen LogP contribution in [0.25, 0.3) is 0 Å². The van der Waals surface area contributed by atoms with E-state index < -0.39 is 10.0 Å². The van der Waals surface area contributed by atoms with E-state index in [2.05, 4.69) is 12.2 Å². The van der Waals surface area contributed by atoms with Crippen molar-refractivity contribution in [1.29, 1.82) is 0 Å². The quantitative estimate of drug-likeness (QED) is 0.830. The molecule has 5 nitrogen and oxygen atoms in total. The van der Waals surface area contributed by atoms with Crippen LogP contribution in [0.4, 0.5) is 0 Å². The first-order chi connectivity index (χ1) is 10.4. The minimum absolute atomic E-state index is 0.275. The zero-order valence-electron chi connectivity index (χ0n) is 12.5. The van der Waals surface area contributed by atoms with Crippen molar-refractivity contribution >= 4 is 39.0 Å². The lowest BCUT2D eigenvalue weighted by Gasteiger charge is -2.35. The van der Waals surface area contributed by atoms with Gasteiger partial charge in [-0.3, -0.25) is 0 Å². The average Bonchev–Trinajstić information content (AvgIpc) is 2.53. The summed E-state index contributed by atoms with van der Waals surface area (Å²) in [5.74, 6) is 0. The molecule has 0 amide bonds. The van der Waals surface area contributed by atoms with E-state index in [1.54, 1.807) is 12.1 Å². The molecule has 2 rings (SSSR count). The van der Waals surface area contributed by atoms with Crippen LogP contribution in [0.5, 0.6) is 0 Å². The number of piperazine rings is 1. The molecule has 8 heteroatoms. The molecule has 1 aromatic carbocycles. The van der Waals surface area contributed by atoms with Crippen LogP contribution < -0.4 is 5.32 Å². The Morgan fingerprint density at radius 3 is 2.36 bits per heavy atom. The van der Waals surface area contributed by atoms with E-state index in [1.165, 1.54) is 16.4 Å². The second kappa shape index (κ2) is 7.59. The van der Waals surface area contributed by atoms with Gasteiger partial charge in [0.1, 0.15) is 0 Å². The van der Waals surface area contributed by atoms with Gasteiger partial charge in [-0.05, 0) is 42.9 Å². The number of benzene rings is 1. The number of thiocarbonyl (C=S) groups is 1. The highest BCUT2D eigenvalue weighted by atomic mass is 35.5. The van der Waals surface area contributed by atoms with Gasteiger partial charge in [-0.25, -0.2) is 8.42 Å². The van der Waals surface area contributed by atoms with Crippen LogP contribution in [0, 0.1) is 0 Å². The largest absolute Gasteiger partial charge is 0.363 e. The van der Waals surface area contributed by atoms with E-state index >= 15 is 0 Å². The molecule has 1 heterocycles. The van der Waals surface area contributed by atoms with Gasteiger partial charge in [0.2, 0.25) is 10.0 Å². The highest BCUT2D eigenvalue weighted by molar-refractivity contribution is 7.89. The summed E-state index contributed by atoms with van der Waals surface area (Å²) in [7, 11) is -3.46. The van der Waals surface area contributed by atoms with Crippen LogP contribution in [0.3, 0.4) is 0 Å². The Labute approximate surface area is 142 Å². The molecule has 1 aliphatic rings. The molecule has 0 aromatic heterocycles. The fourth-order valence-electron chi connectivity index (χ4n) is 2.23. The Balaban J connectivity index is 1.98. The number of sulfonamides is 1. The first kappa shape index (κ1) is 17.5. The maximum absolute atomic E-state index is 12.6. The Bertz CT molecular complexity index is 611. The fourth-order valence-corrected chi connectivity index (χ4v) is 4.06. The first-order valence-corrected chi connectivity index (χ1v) is 9.46. The summed E-state index contributed by atoms with van der Waals surface area (Å²) in [6.07, 6.45) is 1.01. The van der Waals surface area contributed by atoms with Gasteiger partial charge >= 0.3 is 0 Å². The van der Waals surface area contributed by atoms with E-state index in [-0.39, 0.29) is 4.90 Å². The zero-order chi connectivity index (χ0) is 16.2. The minimum atomic E-state index is -3.46. The van der Waals surface area contributed by atoms with Gasteiger partial charge in [0.25, 0.3) is 0 Å². The van der Waals surface area contributed by atoms with Crippen molar-refractivity contribution < 1.29 is 8.42 Å². The minimum Gasteiger partial charge on any atom is -0.363 e. The number of rotatable bonds is 4. The van der Waals surface area contributed by atoms with Crippen molar-refractivity contribution in [2.75, 3.05) is 32.7 Å². The second-order valence-electron chi connectivity index (χ2n) is 5.08. The molecule has 0 spiro atoms. The molecule has 1 aliphatic heterocycles. The highest BCUT2D eigenvalue weighted by Gasteiger charge is 2.29. The third kappa shape index (κ3) is 4.10. The van der Waals surface area contributed by atoms with Crippen LogP contribution in [0.1, 0.15) is 13.3 Å². The van der Waals surface area contributed by atoms with Gasteiger partial charge in [-0.1, -0.05) is 18.5 Å². The molecular formula is C14H20ClN3O2S2. The van der Waals surface area contributed by atoms with Crippen molar-refractivity contribution in [3.05, 3.63) is 29.3 Å². The normalized spacial score (nSPS) is 16.5. The summed E-state index contributed by atoms with van der Waals surface area (Å²) in [4.78, 5) is 2.29. The van der Waals surface area contributed by atoms with Crippen LogP contribution in [0.2, 0.25) is 5.02 Å². The van der Waals surface area contributed by atoms with Gasteiger partial charge < -0.3 is 10.2 Å². The zero-order valence-corrected chi connectivity index (χ0v) is 14.8. The third-order valence-corrected chi connectivity index (χ3v) is 6.07. The maximum atomic E-state index is 12.6. The highest BCUT2D eigenvalue weighted by Crippen LogP contribution is 2.19. The molecule has 122 valence electrons. The molecule has 0 atom stereocenters. The molecule has 22 heavy (non-hydrogen) atoms. The molecule has 0 radical (unpaired) electrons. The van der Waals surface area contributed by atoms with Crippen molar-refractivity contribution in [2.45, 2.75) is 18.2 Å². The van der Waals surface area contributed by atoms with Crippen LogP contribution in [0.15, 0.2) is 29.2 Å². The topological polar surface area (TPSA) is 52.6 Å². The average molecular weight is 362 g/mol. The lowest BCUT2D eigenvalue weighted by molar-refractivity contribution is 0.264. The number of nitrogens with zero attached hydrogens (tertiary/aromatic N) is 2. The summed E-state index contributed by atoms with van der Waals surface area (Å²) in [5.41, 5.74) is 0. The molecule has 1 N–H and O–H groups in total. The van der Waals surface area contributed by atoms with Crippen molar-refractivity contribution in [3.8, 4) is 0 Å². The molecule has 1 saturated heterocycles.